The molecule has 0 saturated heterocycles. The fourth-order valence-corrected chi connectivity index (χ4v) is 4.89. The van der Waals surface area contributed by atoms with Crippen molar-refractivity contribution >= 4 is 29.0 Å². The van der Waals surface area contributed by atoms with Gasteiger partial charge in [0.05, 0.1) is 17.1 Å². The number of rotatable bonds is 4. The van der Waals surface area contributed by atoms with Gasteiger partial charge in [-0.1, -0.05) is 78.0 Å². The molecule has 2 heterocycles. The number of anilines is 2. The standard InChI is InChI=1S/C26H24N4OS/c1-18-11-13-21(14-12-18)25-27-28-26(29(25)2)32-17-24(31)30-22-9-5-3-7-19(22)15-16-20-8-4-6-10-23(20)30/h3-14H,15-17H2,1-2H3. The fraction of sp³-hybridized carbons (Fsp3) is 0.192. The van der Waals surface area contributed by atoms with Gasteiger partial charge in [-0.05, 0) is 43.0 Å². The van der Waals surface area contributed by atoms with Crippen molar-refractivity contribution in [3.8, 4) is 11.4 Å². The van der Waals surface area contributed by atoms with Crippen LogP contribution in [0.1, 0.15) is 16.7 Å². The van der Waals surface area contributed by atoms with Gasteiger partial charge in [0.1, 0.15) is 0 Å². The summed E-state index contributed by atoms with van der Waals surface area (Å²) in [5, 5.41) is 9.43. The molecule has 5 rings (SSSR count). The summed E-state index contributed by atoms with van der Waals surface area (Å²) < 4.78 is 1.95. The van der Waals surface area contributed by atoms with Crippen LogP contribution in [-0.4, -0.2) is 26.4 Å². The Morgan fingerprint density at radius 1 is 0.875 bits per heavy atom. The molecule has 0 bridgehead atoms. The van der Waals surface area contributed by atoms with Crippen LogP contribution in [0.15, 0.2) is 78.0 Å². The van der Waals surface area contributed by atoms with Crippen molar-refractivity contribution in [2.24, 2.45) is 7.05 Å². The van der Waals surface area contributed by atoms with Gasteiger partial charge in [-0.15, -0.1) is 10.2 Å². The summed E-state index contributed by atoms with van der Waals surface area (Å²) >= 11 is 1.42. The second-order valence-corrected chi connectivity index (χ2v) is 8.95. The lowest BCUT2D eigenvalue weighted by Gasteiger charge is -2.24. The summed E-state index contributed by atoms with van der Waals surface area (Å²) in [5.74, 6) is 1.12. The molecule has 0 saturated carbocycles. The van der Waals surface area contributed by atoms with Crippen LogP contribution in [0.4, 0.5) is 11.4 Å². The van der Waals surface area contributed by atoms with Gasteiger partial charge in [-0.2, -0.15) is 0 Å². The van der Waals surface area contributed by atoms with E-state index in [1.54, 1.807) is 0 Å². The van der Waals surface area contributed by atoms with Crippen molar-refractivity contribution in [1.29, 1.82) is 0 Å². The Kier molecular flexibility index (Phi) is 5.53. The smallest absolute Gasteiger partial charge is 0.242 e. The maximum Gasteiger partial charge on any atom is 0.242 e. The molecule has 1 aliphatic rings. The van der Waals surface area contributed by atoms with Gasteiger partial charge in [0.25, 0.3) is 0 Å². The van der Waals surface area contributed by atoms with Gasteiger partial charge in [-0.25, -0.2) is 0 Å². The molecule has 1 amide bonds. The molecule has 5 nitrogen and oxygen atoms in total. The number of nitrogens with zero attached hydrogens (tertiary/aromatic N) is 4. The third kappa shape index (κ3) is 3.82. The Morgan fingerprint density at radius 2 is 1.47 bits per heavy atom. The first kappa shape index (κ1) is 20.5. The van der Waals surface area contributed by atoms with E-state index in [0.717, 1.165) is 40.8 Å². The average molecular weight is 441 g/mol. The lowest BCUT2D eigenvalue weighted by atomic mass is 10.0. The van der Waals surface area contributed by atoms with Gasteiger partial charge >= 0.3 is 0 Å². The summed E-state index contributed by atoms with van der Waals surface area (Å²) in [7, 11) is 1.94. The zero-order valence-corrected chi connectivity index (χ0v) is 19.0. The molecule has 0 atom stereocenters. The minimum atomic E-state index is 0.0386. The van der Waals surface area contributed by atoms with Crippen molar-refractivity contribution in [2.45, 2.75) is 24.9 Å². The van der Waals surface area contributed by atoms with Crippen LogP contribution >= 0.6 is 11.8 Å². The third-order valence-corrected chi connectivity index (χ3v) is 6.85. The number of carbonyl (C=O) groups is 1. The largest absolute Gasteiger partial charge is 0.305 e. The van der Waals surface area contributed by atoms with E-state index in [4.69, 9.17) is 0 Å². The number of carbonyl (C=O) groups excluding carboxylic acids is 1. The highest BCUT2D eigenvalue weighted by Crippen LogP contribution is 2.36. The van der Waals surface area contributed by atoms with Crippen LogP contribution < -0.4 is 4.90 Å². The summed E-state index contributed by atoms with van der Waals surface area (Å²) in [6.07, 6.45) is 1.85. The molecule has 160 valence electrons. The van der Waals surface area contributed by atoms with Crippen LogP contribution in [0.25, 0.3) is 11.4 Å². The number of benzene rings is 3. The molecule has 0 aliphatic carbocycles. The normalized spacial score (nSPS) is 12.8. The topological polar surface area (TPSA) is 51.0 Å². The van der Waals surface area contributed by atoms with Crippen molar-refractivity contribution in [3.05, 3.63) is 89.5 Å². The fourth-order valence-electron chi connectivity index (χ4n) is 4.13. The summed E-state index contributed by atoms with van der Waals surface area (Å²) in [4.78, 5) is 15.4. The minimum Gasteiger partial charge on any atom is -0.305 e. The predicted molar refractivity (Wildman–Crippen MR) is 129 cm³/mol. The summed E-state index contributed by atoms with van der Waals surface area (Å²) in [6, 6.07) is 24.6. The van der Waals surface area contributed by atoms with Crippen LogP contribution in [0.3, 0.4) is 0 Å². The van der Waals surface area contributed by atoms with Crippen molar-refractivity contribution in [2.75, 3.05) is 10.7 Å². The van der Waals surface area contributed by atoms with E-state index in [1.807, 2.05) is 65.0 Å². The molecule has 6 heteroatoms. The molecule has 1 aromatic heterocycles. The van der Waals surface area contributed by atoms with Crippen molar-refractivity contribution < 1.29 is 4.79 Å². The molecule has 32 heavy (non-hydrogen) atoms. The van der Waals surface area contributed by atoms with Gasteiger partial charge in [0.15, 0.2) is 11.0 Å². The van der Waals surface area contributed by atoms with Crippen LogP contribution in [0.5, 0.6) is 0 Å². The third-order valence-electron chi connectivity index (χ3n) is 5.85. The maximum atomic E-state index is 13.5. The molecular formula is C26H24N4OS. The molecule has 1 aliphatic heterocycles. The minimum absolute atomic E-state index is 0.0386. The van der Waals surface area contributed by atoms with Crippen molar-refractivity contribution in [3.63, 3.8) is 0 Å². The van der Waals surface area contributed by atoms with Gasteiger partial charge in [-0.3, -0.25) is 9.69 Å². The SMILES string of the molecule is Cc1ccc(-c2nnc(SCC(=O)N3c4ccccc4CCc4ccccc43)n2C)cc1. The first-order valence-electron chi connectivity index (χ1n) is 10.7. The molecule has 4 aromatic rings. The highest BCUT2D eigenvalue weighted by molar-refractivity contribution is 7.99. The number of hydrogen-bond acceptors (Lipinski definition) is 4. The lowest BCUT2D eigenvalue weighted by molar-refractivity contribution is -0.115. The Balaban J connectivity index is 1.41. The first-order valence-corrected chi connectivity index (χ1v) is 11.7. The number of fused-ring (bicyclic) bond motifs is 2. The molecular weight excluding hydrogens is 416 g/mol. The molecule has 0 N–H and O–H groups in total. The van der Waals surface area contributed by atoms with Gasteiger partial charge < -0.3 is 4.57 Å². The molecule has 0 unspecified atom stereocenters. The predicted octanol–water partition coefficient (Wildman–Crippen LogP) is 5.35. The zero-order chi connectivity index (χ0) is 22.1. The number of aryl methyl sites for hydroxylation is 3. The Hall–Kier alpha value is -3.38. The van der Waals surface area contributed by atoms with Crippen molar-refractivity contribution in [1.82, 2.24) is 14.8 Å². The highest BCUT2D eigenvalue weighted by Gasteiger charge is 2.26. The lowest BCUT2D eigenvalue weighted by Crippen LogP contribution is -2.28. The quantitative estimate of drug-likeness (QED) is 0.402. The van der Waals surface area contributed by atoms with E-state index in [9.17, 15) is 4.79 Å². The number of para-hydroxylation sites is 2. The highest BCUT2D eigenvalue weighted by atomic mass is 32.2. The maximum absolute atomic E-state index is 13.5. The van der Waals surface area contributed by atoms with E-state index < -0.39 is 0 Å². The van der Waals surface area contributed by atoms with Crippen LogP contribution in [-0.2, 0) is 24.7 Å². The summed E-state index contributed by atoms with van der Waals surface area (Å²) in [5.41, 5.74) is 6.56. The Morgan fingerprint density at radius 3 is 2.09 bits per heavy atom. The number of thioether (sulfide) groups is 1. The zero-order valence-electron chi connectivity index (χ0n) is 18.2. The average Bonchev–Trinajstić information content (AvgIpc) is 3.09. The van der Waals surface area contributed by atoms with Crippen LogP contribution in [0.2, 0.25) is 0 Å². The second kappa shape index (κ2) is 8.63. The molecule has 0 radical (unpaired) electrons. The van der Waals surface area contributed by atoms with E-state index in [1.165, 1.54) is 28.5 Å². The monoisotopic (exact) mass is 440 g/mol. The molecule has 0 fully saturated rings. The number of amides is 1. The van der Waals surface area contributed by atoms with E-state index in [2.05, 4.69) is 41.4 Å². The Labute approximate surface area is 192 Å². The Bertz CT molecular complexity index is 1230. The van der Waals surface area contributed by atoms with E-state index in [0.29, 0.717) is 0 Å². The molecule has 0 spiro atoms. The van der Waals surface area contributed by atoms with Crippen LogP contribution in [0, 0.1) is 6.92 Å². The van der Waals surface area contributed by atoms with E-state index >= 15 is 0 Å². The number of hydrogen-bond donors (Lipinski definition) is 0. The van der Waals surface area contributed by atoms with Gasteiger partial charge in [0, 0.05) is 12.6 Å². The summed E-state index contributed by atoms with van der Waals surface area (Å²) in [6.45, 7) is 2.06. The number of aromatic nitrogens is 3. The molecule has 3 aromatic carbocycles. The first-order chi connectivity index (χ1) is 15.6. The van der Waals surface area contributed by atoms with Gasteiger partial charge in [0.2, 0.25) is 5.91 Å². The van der Waals surface area contributed by atoms with E-state index in [-0.39, 0.29) is 11.7 Å². The second-order valence-electron chi connectivity index (χ2n) is 8.01.